The fourth-order valence-corrected chi connectivity index (χ4v) is 3.66. The Hall–Kier alpha value is -3.19. The third-order valence-electron chi connectivity index (χ3n) is 5.13. The number of aromatic amines is 1. The molecule has 27 heavy (non-hydrogen) atoms. The Morgan fingerprint density at radius 1 is 1.07 bits per heavy atom. The first-order chi connectivity index (χ1) is 13.3. The number of amides is 1. The molecule has 0 unspecified atom stereocenters. The van der Waals surface area contributed by atoms with Crippen LogP contribution in [-0.2, 0) is 6.54 Å². The van der Waals surface area contributed by atoms with Crippen LogP contribution in [0.3, 0.4) is 0 Å². The maximum Gasteiger partial charge on any atom is 0.254 e. The number of aromatic nitrogens is 4. The number of benzene rings is 1. The SMILES string of the molecule is O=C(c1ccc2nc[nH]c2c1)N1CCN(Cc2cc3ccccn3n2)CC1. The van der Waals surface area contributed by atoms with E-state index in [1.807, 2.05) is 45.9 Å². The molecule has 0 aliphatic carbocycles. The van der Waals surface area contributed by atoms with Crippen molar-refractivity contribution in [1.82, 2.24) is 29.4 Å². The standard InChI is InChI=1S/C20H20N6O/c27-20(15-4-5-18-19(11-15)22-14-21-18)25-9-7-24(8-10-25)13-16-12-17-3-1-2-6-26(17)23-16/h1-6,11-12,14H,7-10,13H2,(H,21,22). The van der Waals surface area contributed by atoms with Gasteiger partial charge in [-0.25, -0.2) is 9.50 Å². The number of fused-ring (bicyclic) bond motifs is 2. The smallest absolute Gasteiger partial charge is 0.254 e. The van der Waals surface area contributed by atoms with E-state index < -0.39 is 0 Å². The third kappa shape index (κ3) is 3.06. The molecule has 1 aliphatic heterocycles. The Balaban J connectivity index is 1.23. The van der Waals surface area contributed by atoms with E-state index >= 15 is 0 Å². The molecule has 7 heteroatoms. The Bertz CT molecular complexity index is 1070. The average molecular weight is 360 g/mol. The Morgan fingerprint density at radius 3 is 2.81 bits per heavy atom. The maximum atomic E-state index is 12.8. The first-order valence-electron chi connectivity index (χ1n) is 9.14. The zero-order chi connectivity index (χ0) is 18.2. The van der Waals surface area contributed by atoms with Gasteiger partial charge in [0.25, 0.3) is 5.91 Å². The van der Waals surface area contributed by atoms with Crippen LogP contribution in [0.4, 0.5) is 0 Å². The molecule has 0 atom stereocenters. The fourth-order valence-electron chi connectivity index (χ4n) is 3.66. The molecule has 5 rings (SSSR count). The number of carbonyl (C=O) groups excluding carboxylic acids is 1. The summed E-state index contributed by atoms with van der Waals surface area (Å²) in [6.45, 7) is 3.97. The molecule has 1 amide bonds. The van der Waals surface area contributed by atoms with Crippen LogP contribution in [0.1, 0.15) is 16.1 Å². The van der Waals surface area contributed by atoms with Crippen LogP contribution >= 0.6 is 0 Å². The molecule has 4 heterocycles. The van der Waals surface area contributed by atoms with Gasteiger partial charge in [-0.3, -0.25) is 9.69 Å². The molecule has 136 valence electrons. The Morgan fingerprint density at radius 2 is 1.96 bits per heavy atom. The molecule has 1 aliphatic rings. The normalized spacial score (nSPS) is 15.6. The van der Waals surface area contributed by atoms with Gasteiger partial charge in [-0.15, -0.1) is 0 Å². The lowest BCUT2D eigenvalue weighted by Crippen LogP contribution is -2.48. The average Bonchev–Trinajstić information content (AvgIpc) is 3.33. The van der Waals surface area contributed by atoms with Crippen molar-refractivity contribution in [1.29, 1.82) is 0 Å². The summed E-state index contributed by atoms with van der Waals surface area (Å²) in [6.07, 6.45) is 3.61. The molecule has 7 nitrogen and oxygen atoms in total. The van der Waals surface area contributed by atoms with Gasteiger partial charge in [0, 0.05) is 44.5 Å². The van der Waals surface area contributed by atoms with Crippen LogP contribution in [0, 0.1) is 0 Å². The highest BCUT2D eigenvalue weighted by Gasteiger charge is 2.23. The summed E-state index contributed by atoms with van der Waals surface area (Å²) in [7, 11) is 0. The van der Waals surface area contributed by atoms with Crippen LogP contribution < -0.4 is 0 Å². The van der Waals surface area contributed by atoms with E-state index in [1.165, 1.54) is 0 Å². The van der Waals surface area contributed by atoms with E-state index in [4.69, 9.17) is 0 Å². The quantitative estimate of drug-likeness (QED) is 0.608. The summed E-state index contributed by atoms with van der Waals surface area (Å²) in [4.78, 5) is 24.4. The van der Waals surface area contributed by atoms with E-state index in [1.54, 1.807) is 6.33 Å². The molecule has 0 bridgehead atoms. The fraction of sp³-hybridized carbons (Fsp3) is 0.250. The molecular formula is C20H20N6O. The van der Waals surface area contributed by atoms with E-state index in [2.05, 4.69) is 32.1 Å². The van der Waals surface area contributed by atoms with Crippen LogP contribution in [0.5, 0.6) is 0 Å². The number of H-pyrrole nitrogens is 1. The molecule has 0 spiro atoms. The van der Waals surface area contributed by atoms with Crippen molar-refractivity contribution in [2.24, 2.45) is 0 Å². The minimum Gasteiger partial charge on any atom is -0.345 e. The van der Waals surface area contributed by atoms with Crippen molar-refractivity contribution in [3.63, 3.8) is 0 Å². The third-order valence-corrected chi connectivity index (χ3v) is 5.13. The highest BCUT2D eigenvalue weighted by Crippen LogP contribution is 2.16. The zero-order valence-electron chi connectivity index (χ0n) is 14.9. The van der Waals surface area contributed by atoms with Gasteiger partial charge < -0.3 is 9.88 Å². The molecular weight excluding hydrogens is 340 g/mol. The van der Waals surface area contributed by atoms with Crippen molar-refractivity contribution >= 4 is 22.5 Å². The zero-order valence-corrected chi connectivity index (χ0v) is 14.9. The van der Waals surface area contributed by atoms with Crippen molar-refractivity contribution < 1.29 is 4.79 Å². The topological polar surface area (TPSA) is 69.5 Å². The summed E-state index contributed by atoms with van der Waals surface area (Å²) in [5, 5.41) is 4.62. The molecule has 1 N–H and O–H groups in total. The second-order valence-corrected chi connectivity index (χ2v) is 6.91. The van der Waals surface area contributed by atoms with E-state index in [9.17, 15) is 4.79 Å². The number of nitrogens with one attached hydrogen (secondary N) is 1. The lowest BCUT2D eigenvalue weighted by Gasteiger charge is -2.34. The molecule has 1 saturated heterocycles. The van der Waals surface area contributed by atoms with Crippen molar-refractivity contribution in [3.8, 4) is 0 Å². The van der Waals surface area contributed by atoms with Gasteiger partial charge in [-0.1, -0.05) is 6.07 Å². The van der Waals surface area contributed by atoms with Crippen LogP contribution in [0.25, 0.3) is 16.6 Å². The van der Waals surface area contributed by atoms with Gasteiger partial charge in [0.2, 0.25) is 0 Å². The monoisotopic (exact) mass is 360 g/mol. The van der Waals surface area contributed by atoms with E-state index in [-0.39, 0.29) is 5.91 Å². The number of hydrogen-bond acceptors (Lipinski definition) is 4. The predicted octanol–water partition coefficient (Wildman–Crippen LogP) is 2.17. The van der Waals surface area contributed by atoms with Crippen LogP contribution in [0.2, 0.25) is 0 Å². The molecule has 0 saturated carbocycles. The van der Waals surface area contributed by atoms with Gasteiger partial charge >= 0.3 is 0 Å². The van der Waals surface area contributed by atoms with Gasteiger partial charge in [0.15, 0.2) is 0 Å². The second-order valence-electron chi connectivity index (χ2n) is 6.91. The summed E-state index contributed by atoms with van der Waals surface area (Å²) in [5.74, 6) is 0.0823. The van der Waals surface area contributed by atoms with Crippen LogP contribution in [-0.4, -0.2) is 61.5 Å². The number of carbonyl (C=O) groups is 1. The number of hydrogen-bond donors (Lipinski definition) is 1. The minimum atomic E-state index is 0.0823. The van der Waals surface area contributed by atoms with Crippen molar-refractivity contribution in [3.05, 3.63) is 66.2 Å². The number of rotatable bonds is 3. The number of nitrogens with zero attached hydrogens (tertiary/aromatic N) is 5. The number of piperazine rings is 1. The highest BCUT2D eigenvalue weighted by atomic mass is 16.2. The number of imidazole rings is 1. The predicted molar refractivity (Wildman–Crippen MR) is 102 cm³/mol. The van der Waals surface area contributed by atoms with E-state index in [0.717, 1.165) is 55.0 Å². The Kier molecular flexibility index (Phi) is 3.86. The van der Waals surface area contributed by atoms with Crippen molar-refractivity contribution in [2.45, 2.75) is 6.54 Å². The first-order valence-corrected chi connectivity index (χ1v) is 9.14. The molecule has 1 fully saturated rings. The van der Waals surface area contributed by atoms with Gasteiger partial charge in [-0.05, 0) is 36.4 Å². The lowest BCUT2D eigenvalue weighted by atomic mass is 10.1. The van der Waals surface area contributed by atoms with Crippen LogP contribution in [0.15, 0.2) is 55.0 Å². The van der Waals surface area contributed by atoms with E-state index in [0.29, 0.717) is 5.56 Å². The van der Waals surface area contributed by atoms with Gasteiger partial charge in [0.05, 0.1) is 28.6 Å². The largest absolute Gasteiger partial charge is 0.345 e. The maximum absolute atomic E-state index is 12.8. The molecule has 4 aromatic rings. The summed E-state index contributed by atoms with van der Waals surface area (Å²) in [6, 6.07) is 13.8. The molecule has 0 radical (unpaired) electrons. The van der Waals surface area contributed by atoms with Crippen molar-refractivity contribution in [2.75, 3.05) is 26.2 Å². The molecule has 1 aromatic carbocycles. The summed E-state index contributed by atoms with van der Waals surface area (Å²) in [5.41, 5.74) is 4.65. The highest BCUT2D eigenvalue weighted by molar-refractivity contribution is 5.97. The Labute approximate surface area is 156 Å². The minimum absolute atomic E-state index is 0.0823. The lowest BCUT2D eigenvalue weighted by molar-refractivity contribution is 0.0627. The van der Waals surface area contributed by atoms with Gasteiger partial charge in [-0.2, -0.15) is 5.10 Å². The van der Waals surface area contributed by atoms with Gasteiger partial charge in [0.1, 0.15) is 0 Å². The second kappa shape index (κ2) is 6.51. The molecule has 3 aromatic heterocycles. The summed E-state index contributed by atoms with van der Waals surface area (Å²) >= 11 is 0. The first kappa shape index (κ1) is 16.0. The number of pyridine rings is 1. The summed E-state index contributed by atoms with van der Waals surface area (Å²) < 4.78 is 1.90.